The molecule has 5 nitrogen and oxygen atoms in total. The predicted octanol–water partition coefficient (Wildman–Crippen LogP) is 3.37. The molecule has 0 bridgehead atoms. The van der Waals surface area contributed by atoms with Crippen molar-refractivity contribution < 1.29 is 9.59 Å². The Kier molecular flexibility index (Phi) is 4.77. The van der Waals surface area contributed by atoms with Crippen LogP contribution in [-0.2, 0) is 9.59 Å². The summed E-state index contributed by atoms with van der Waals surface area (Å²) in [4.78, 5) is 32.6. The monoisotopic (exact) mass is 357 g/mol. The molecule has 0 spiro atoms. The maximum atomic E-state index is 12.8. The van der Waals surface area contributed by atoms with Gasteiger partial charge in [0.05, 0.1) is 10.9 Å². The number of hydrogen-bond donors (Lipinski definition) is 0. The molecule has 25 heavy (non-hydrogen) atoms. The summed E-state index contributed by atoms with van der Waals surface area (Å²) in [5, 5.41) is 0.516. The van der Waals surface area contributed by atoms with Crippen molar-refractivity contribution in [2.24, 2.45) is 5.92 Å². The van der Waals surface area contributed by atoms with Gasteiger partial charge in [0, 0.05) is 31.9 Å². The zero-order valence-electron chi connectivity index (χ0n) is 14.5. The Labute approximate surface area is 152 Å². The molecule has 1 atom stereocenters. The van der Waals surface area contributed by atoms with Crippen LogP contribution in [0.3, 0.4) is 0 Å². The van der Waals surface area contributed by atoms with Gasteiger partial charge in [-0.05, 0) is 43.2 Å². The molecular formula is C19H20ClN3O2. The van der Waals surface area contributed by atoms with E-state index in [0.717, 1.165) is 16.8 Å². The lowest BCUT2D eigenvalue weighted by Crippen LogP contribution is -2.35. The molecule has 1 unspecified atom stereocenters. The first-order chi connectivity index (χ1) is 11.9. The summed E-state index contributed by atoms with van der Waals surface area (Å²) < 4.78 is 0. The summed E-state index contributed by atoms with van der Waals surface area (Å²) in [6.45, 7) is 4.40. The van der Waals surface area contributed by atoms with E-state index in [0.29, 0.717) is 17.4 Å². The number of carbonyl (C=O) groups is 2. The highest BCUT2D eigenvalue weighted by atomic mass is 35.5. The third-order valence-corrected chi connectivity index (χ3v) is 4.95. The minimum absolute atomic E-state index is 0.0236. The van der Waals surface area contributed by atoms with Crippen molar-refractivity contribution in [1.29, 1.82) is 0 Å². The average Bonchev–Trinajstić information content (AvgIpc) is 2.98. The van der Waals surface area contributed by atoms with Gasteiger partial charge < -0.3 is 4.90 Å². The molecule has 1 aliphatic heterocycles. The minimum Gasteiger partial charge on any atom is -0.311 e. The van der Waals surface area contributed by atoms with E-state index in [2.05, 4.69) is 4.98 Å². The third kappa shape index (κ3) is 3.37. The molecule has 6 heteroatoms. The predicted molar refractivity (Wildman–Crippen MR) is 99.0 cm³/mol. The summed E-state index contributed by atoms with van der Waals surface area (Å²) >= 11 is 5.84. The van der Waals surface area contributed by atoms with Gasteiger partial charge in [0.2, 0.25) is 11.8 Å². The van der Waals surface area contributed by atoms with Crippen LogP contribution in [-0.4, -0.2) is 30.4 Å². The Morgan fingerprint density at radius 1 is 1.28 bits per heavy atom. The van der Waals surface area contributed by atoms with E-state index in [1.807, 2.05) is 32.0 Å². The highest BCUT2D eigenvalue weighted by molar-refractivity contribution is 6.30. The lowest BCUT2D eigenvalue weighted by atomic mass is 10.1. The van der Waals surface area contributed by atoms with Crippen LogP contribution < -0.4 is 9.80 Å². The normalized spacial score (nSPS) is 17.0. The van der Waals surface area contributed by atoms with E-state index in [4.69, 9.17) is 11.6 Å². The van der Waals surface area contributed by atoms with Gasteiger partial charge in [0.1, 0.15) is 5.82 Å². The second kappa shape index (κ2) is 6.84. The number of amides is 2. The Hall–Kier alpha value is -2.40. The number of anilines is 2. The first-order valence-electron chi connectivity index (χ1n) is 8.14. The molecule has 0 radical (unpaired) electrons. The van der Waals surface area contributed by atoms with E-state index < -0.39 is 0 Å². The number of benzene rings is 1. The Morgan fingerprint density at radius 3 is 2.72 bits per heavy atom. The van der Waals surface area contributed by atoms with Crippen molar-refractivity contribution in [2.45, 2.75) is 20.3 Å². The van der Waals surface area contributed by atoms with Crippen molar-refractivity contribution in [3.8, 4) is 0 Å². The van der Waals surface area contributed by atoms with E-state index in [-0.39, 0.29) is 24.2 Å². The van der Waals surface area contributed by atoms with Crippen molar-refractivity contribution in [3.05, 3.63) is 52.7 Å². The summed E-state index contributed by atoms with van der Waals surface area (Å²) in [6.07, 6.45) is 1.72. The molecule has 1 aromatic heterocycles. The second-order valence-corrected chi connectivity index (χ2v) is 6.79. The lowest BCUT2D eigenvalue weighted by Gasteiger charge is -2.22. The van der Waals surface area contributed by atoms with E-state index >= 15 is 0 Å². The molecule has 2 amide bonds. The minimum atomic E-state index is -0.380. The summed E-state index contributed by atoms with van der Waals surface area (Å²) in [6, 6.07) is 9.26. The summed E-state index contributed by atoms with van der Waals surface area (Å²) in [5.74, 6) is 0.00224. The fourth-order valence-corrected chi connectivity index (χ4v) is 3.20. The number of halogens is 1. The van der Waals surface area contributed by atoms with Crippen LogP contribution in [0.4, 0.5) is 11.5 Å². The number of carbonyl (C=O) groups excluding carboxylic acids is 2. The van der Waals surface area contributed by atoms with E-state index in [9.17, 15) is 9.59 Å². The number of aryl methyl sites for hydroxylation is 1. The van der Waals surface area contributed by atoms with Gasteiger partial charge in [-0.1, -0.05) is 23.7 Å². The molecule has 2 aromatic rings. The molecular weight excluding hydrogens is 338 g/mol. The highest BCUT2D eigenvalue weighted by Gasteiger charge is 2.37. The van der Waals surface area contributed by atoms with Gasteiger partial charge in [0.15, 0.2) is 0 Å². The summed E-state index contributed by atoms with van der Waals surface area (Å²) in [7, 11) is 1.67. The maximum absolute atomic E-state index is 12.8. The Bertz CT molecular complexity index is 820. The van der Waals surface area contributed by atoms with Crippen LogP contribution >= 0.6 is 11.6 Å². The standard InChI is InChI=1S/C19H20ClN3O2/c1-12-5-4-6-16(13(12)2)23-11-14(9-18(23)24)19(25)22(3)17-8-7-15(20)10-21-17/h4-8,10,14H,9,11H2,1-3H3. The number of rotatable bonds is 3. The van der Waals surface area contributed by atoms with Gasteiger partial charge >= 0.3 is 0 Å². The zero-order valence-corrected chi connectivity index (χ0v) is 15.2. The maximum Gasteiger partial charge on any atom is 0.233 e. The average molecular weight is 358 g/mol. The number of nitrogens with zero attached hydrogens (tertiary/aromatic N) is 3. The number of pyridine rings is 1. The molecule has 1 saturated heterocycles. The quantitative estimate of drug-likeness (QED) is 0.846. The van der Waals surface area contributed by atoms with E-state index in [1.165, 1.54) is 11.1 Å². The molecule has 1 aromatic carbocycles. The van der Waals surface area contributed by atoms with Crippen LogP contribution in [0.15, 0.2) is 36.5 Å². The lowest BCUT2D eigenvalue weighted by molar-refractivity contribution is -0.124. The molecule has 1 aliphatic rings. The van der Waals surface area contributed by atoms with Crippen molar-refractivity contribution in [2.75, 3.05) is 23.4 Å². The van der Waals surface area contributed by atoms with Crippen molar-refractivity contribution in [1.82, 2.24) is 4.98 Å². The van der Waals surface area contributed by atoms with Crippen LogP contribution in [0.25, 0.3) is 0 Å². The third-order valence-electron chi connectivity index (χ3n) is 4.73. The van der Waals surface area contributed by atoms with Gasteiger partial charge in [-0.3, -0.25) is 14.5 Å². The van der Waals surface area contributed by atoms with Gasteiger partial charge in [-0.25, -0.2) is 4.98 Å². The molecule has 0 saturated carbocycles. The van der Waals surface area contributed by atoms with Crippen LogP contribution in [0.2, 0.25) is 5.02 Å². The van der Waals surface area contributed by atoms with Crippen LogP contribution in [0, 0.1) is 19.8 Å². The van der Waals surface area contributed by atoms with Gasteiger partial charge in [-0.15, -0.1) is 0 Å². The second-order valence-electron chi connectivity index (χ2n) is 6.36. The Morgan fingerprint density at radius 2 is 2.04 bits per heavy atom. The summed E-state index contributed by atoms with van der Waals surface area (Å²) in [5.41, 5.74) is 3.08. The first-order valence-corrected chi connectivity index (χ1v) is 8.52. The zero-order chi connectivity index (χ0) is 18.1. The molecule has 0 N–H and O–H groups in total. The Balaban J connectivity index is 1.78. The van der Waals surface area contributed by atoms with Gasteiger partial charge in [-0.2, -0.15) is 0 Å². The molecule has 0 aliphatic carbocycles. The first kappa shape index (κ1) is 17.4. The number of hydrogen-bond acceptors (Lipinski definition) is 3. The largest absolute Gasteiger partial charge is 0.311 e. The topological polar surface area (TPSA) is 53.5 Å². The molecule has 1 fully saturated rings. The van der Waals surface area contributed by atoms with Crippen LogP contribution in [0.5, 0.6) is 0 Å². The smallest absolute Gasteiger partial charge is 0.233 e. The highest BCUT2D eigenvalue weighted by Crippen LogP contribution is 2.30. The SMILES string of the molecule is Cc1cccc(N2CC(C(=O)N(C)c3ccc(Cl)cn3)CC2=O)c1C. The van der Waals surface area contributed by atoms with Gasteiger partial charge in [0.25, 0.3) is 0 Å². The van der Waals surface area contributed by atoms with Crippen molar-refractivity contribution in [3.63, 3.8) is 0 Å². The fraction of sp³-hybridized carbons (Fsp3) is 0.316. The van der Waals surface area contributed by atoms with E-state index in [1.54, 1.807) is 24.1 Å². The van der Waals surface area contributed by atoms with Crippen LogP contribution in [0.1, 0.15) is 17.5 Å². The molecule has 2 heterocycles. The molecule has 130 valence electrons. The number of aromatic nitrogens is 1. The fourth-order valence-electron chi connectivity index (χ4n) is 3.09. The molecule has 3 rings (SSSR count). The van der Waals surface area contributed by atoms with Crippen molar-refractivity contribution >= 4 is 34.9 Å².